The van der Waals surface area contributed by atoms with Gasteiger partial charge in [0.2, 0.25) is 0 Å². The van der Waals surface area contributed by atoms with Gasteiger partial charge < -0.3 is 10.4 Å². The lowest BCUT2D eigenvalue weighted by Crippen LogP contribution is -2.12. The number of rotatable bonds is 4. The second kappa shape index (κ2) is 6.72. The largest absolute Gasteiger partial charge is 0.478 e. The molecule has 132 valence electrons. The van der Waals surface area contributed by atoms with Gasteiger partial charge in [0.25, 0.3) is 5.91 Å². The minimum Gasteiger partial charge on any atom is -0.478 e. The molecule has 4 rings (SSSR count). The minimum absolute atomic E-state index is 0.135. The molecule has 7 heteroatoms. The summed E-state index contributed by atoms with van der Waals surface area (Å²) in [7, 11) is 0. The molecule has 27 heavy (non-hydrogen) atoms. The Morgan fingerprint density at radius 2 is 1.67 bits per heavy atom. The Kier molecular flexibility index (Phi) is 4.10. The van der Waals surface area contributed by atoms with Gasteiger partial charge in [-0.3, -0.25) is 9.89 Å². The average molecular weight is 359 g/mol. The van der Waals surface area contributed by atoms with Crippen LogP contribution in [0, 0.1) is 0 Å². The van der Waals surface area contributed by atoms with Gasteiger partial charge in [0.15, 0.2) is 12.4 Å². The normalized spacial score (nSPS) is 10.7. The van der Waals surface area contributed by atoms with Crippen molar-refractivity contribution in [2.75, 3.05) is 5.32 Å². The van der Waals surface area contributed by atoms with E-state index in [9.17, 15) is 9.59 Å². The van der Waals surface area contributed by atoms with E-state index in [0.29, 0.717) is 11.3 Å². The second-order valence-corrected chi connectivity index (χ2v) is 5.96. The molecule has 0 fully saturated rings. The van der Waals surface area contributed by atoms with Crippen LogP contribution in [0.15, 0.2) is 67.0 Å². The number of benzene rings is 2. The molecular weight excluding hydrogens is 344 g/mol. The van der Waals surface area contributed by atoms with Gasteiger partial charge in [-0.2, -0.15) is 5.10 Å². The van der Waals surface area contributed by atoms with E-state index < -0.39 is 5.97 Å². The lowest BCUT2D eigenvalue weighted by molar-refractivity contribution is -0.377. The fourth-order valence-electron chi connectivity index (χ4n) is 2.82. The Morgan fingerprint density at radius 1 is 0.963 bits per heavy atom. The first-order valence-electron chi connectivity index (χ1n) is 8.21. The summed E-state index contributed by atoms with van der Waals surface area (Å²) in [5.74, 6) is -1.34. The lowest BCUT2D eigenvalue weighted by atomic mass is 10.1. The molecular formula is C20H15N4O3+. The molecule has 2 aromatic carbocycles. The topological polar surface area (TPSA) is 109 Å². The van der Waals surface area contributed by atoms with E-state index in [2.05, 4.69) is 20.5 Å². The van der Waals surface area contributed by atoms with Crippen LogP contribution in [0.5, 0.6) is 0 Å². The quantitative estimate of drug-likeness (QED) is 0.520. The zero-order valence-electron chi connectivity index (χ0n) is 14.1. The smallest absolute Gasteiger partial charge is 0.335 e. The van der Waals surface area contributed by atoms with E-state index in [4.69, 9.17) is 5.11 Å². The summed E-state index contributed by atoms with van der Waals surface area (Å²) < 4.78 is 0. The second-order valence-electron chi connectivity index (χ2n) is 5.96. The van der Waals surface area contributed by atoms with Crippen LogP contribution in [0.1, 0.15) is 20.7 Å². The molecule has 4 aromatic rings. The average Bonchev–Trinajstić information content (AvgIpc) is 3.12. The van der Waals surface area contributed by atoms with Gasteiger partial charge >= 0.3 is 5.97 Å². The number of anilines is 1. The van der Waals surface area contributed by atoms with Gasteiger partial charge in [-0.1, -0.05) is 0 Å². The molecule has 0 saturated heterocycles. The van der Waals surface area contributed by atoms with E-state index in [-0.39, 0.29) is 11.5 Å². The number of pyridine rings is 1. The number of carboxylic acid groups (broad SMARTS) is 1. The minimum atomic E-state index is -1.03. The number of hydrogen-bond acceptors (Lipinski definition) is 3. The zero-order chi connectivity index (χ0) is 18.8. The van der Waals surface area contributed by atoms with Crippen molar-refractivity contribution in [2.24, 2.45) is 0 Å². The Balaban J connectivity index is 1.62. The summed E-state index contributed by atoms with van der Waals surface area (Å²) in [5, 5.41) is 20.0. The number of amides is 1. The molecule has 7 nitrogen and oxygen atoms in total. The van der Waals surface area contributed by atoms with Gasteiger partial charge in [-0.25, -0.2) is 9.78 Å². The van der Waals surface area contributed by atoms with Crippen molar-refractivity contribution in [3.05, 3.63) is 78.1 Å². The maximum Gasteiger partial charge on any atom is 0.335 e. The number of aromatic carboxylic acids is 1. The Morgan fingerprint density at radius 3 is 2.37 bits per heavy atom. The number of carboxylic acids is 1. The summed E-state index contributed by atoms with van der Waals surface area (Å²) in [6, 6.07) is 15.1. The molecule has 0 radical (unpaired) electrons. The van der Waals surface area contributed by atoms with Crippen molar-refractivity contribution in [3.63, 3.8) is 0 Å². The standard InChI is InChI=1S/C20H14N4O3/c25-19(13-1-3-14(4-2-13)20(26)27)22-15-5-6-17-16(11-15)18(24-23-17)12-7-9-21-10-8-12/h1-11H,(H,22,25)(H,23,24)(H,26,27)/p+1. The number of carbonyl (C=O) groups is 2. The van der Waals surface area contributed by atoms with E-state index >= 15 is 0 Å². The molecule has 0 unspecified atom stereocenters. The molecule has 0 bridgehead atoms. The van der Waals surface area contributed by atoms with Gasteiger partial charge in [0.05, 0.1) is 11.1 Å². The van der Waals surface area contributed by atoms with Crippen LogP contribution in [0.4, 0.5) is 5.69 Å². The van der Waals surface area contributed by atoms with Gasteiger partial charge in [-0.15, -0.1) is 0 Å². The molecule has 0 spiro atoms. The van der Waals surface area contributed by atoms with E-state index in [0.717, 1.165) is 22.2 Å². The fourth-order valence-corrected chi connectivity index (χ4v) is 2.82. The highest BCUT2D eigenvalue weighted by molar-refractivity contribution is 6.06. The summed E-state index contributed by atoms with van der Waals surface area (Å²) in [4.78, 5) is 26.3. The number of H-pyrrole nitrogens is 2. The Bertz CT molecular complexity index is 1140. The van der Waals surface area contributed by atoms with Crippen LogP contribution in [0.3, 0.4) is 0 Å². The Labute approximate surface area is 153 Å². The van der Waals surface area contributed by atoms with Crippen LogP contribution in [-0.4, -0.2) is 27.2 Å². The van der Waals surface area contributed by atoms with E-state index in [1.807, 2.05) is 36.7 Å². The zero-order valence-corrected chi connectivity index (χ0v) is 14.1. The molecule has 2 heterocycles. The highest BCUT2D eigenvalue weighted by Gasteiger charge is 2.12. The third kappa shape index (κ3) is 3.25. The third-order valence-corrected chi connectivity index (χ3v) is 4.21. The summed E-state index contributed by atoms with van der Waals surface area (Å²) in [6.45, 7) is 0. The summed E-state index contributed by atoms with van der Waals surface area (Å²) in [6.07, 6.45) is 3.64. The highest BCUT2D eigenvalue weighted by atomic mass is 16.4. The molecule has 4 N–H and O–H groups in total. The first kappa shape index (κ1) is 16.5. The van der Waals surface area contributed by atoms with Gasteiger partial charge in [0.1, 0.15) is 5.69 Å². The van der Waals surface area contributed by atoms with Crippen molar-refractivity contribution in [1.29, 1.82) is 0 Å². The maximum absolute atomic E-state index is 12.4. The first-order chi connectivity index (χ1) is 13.1. The number of nitrogens with zero attached hydrogens (tertiary/aromatic N) is 1. The van der Waals surface area contributed by atoms with Gasteiger partial charge in [0, 0.05) is 34.3 Å². The molecule has 0 aliphatic heterocycles. The van der Waals surface area contributed by atoms with Crippen molar-refractivity contribution < 1.29 is 19.7 Å². The number of nitrogens with one attached hydrogen (secondary N) is 3. The number of aromatic amines is 2. The molecule has 1 amide bonds. The SMILES string of the molecule is O=C(O)c1ccc(C(=O)Nc2ccc3[nH]nc(-c4cc[nH+]cc4)c3c2)cc1. The summed E-state index contributed by atoms with van der Waals surface area (Å²) in [5.41, 5.74) is 3.75. The number of carbonyl (C=O) groups excluding carboxylic acids is 1. The fraction of sp³-hybridized carbons (Fsp3) is 0. The van der Waals surface area contributed by atoms with Crippen LogP contribution < -0.4 is 10.3 Å². The van der Waals surface area contributed by atoms with Crippen LogP contribution >= 0.6 is 0 Å². The highest BCUT2D eigenvalue weighted by Crippen LogP contribution is 2.28. The number of hydrogen-bond donors (Lipinski definition) is 3. The van der Waals surface area contributed by atoms with Crippen molar-refractivity contribution >= 4 is 28.5 Å². The predicted octanol–water partition coefficient (Wildman–Crippen LogP) is 2.99. The van der Waals surface area contributed by atoms with E-state index in [1.54, 1.807) is 6.07 Å². The number of fused-ring (bicyclic) bond motifs is 1. The first-order valence-corrected chi connectivity index (χ1v) is 8.21. The molecule has 2 aromatic heterocycles. The van der Waals surface area contributed by atoms with Crippen molar-refractivity contribution in [1.82, 2.24) is 10.2 Å². The summed E-state index contributed by atoms with van der Waals surface area (Å²) >= 11 is 0. The van der Waals surface area contributed by atoms with Crippen LogP contribution in [0.2, 0.25) is 0 Å². The third-order valence-electron chi connectivity index (χ3n) is 4.21. The molecule has 0 aliphatic carbocycles. The number of aromatic nitrogens is 3. The lowest BCUT2D eigenvalue weighted by Gasteiger charge is -2.06. The van der Waals surface area contributed by atoms with Gasteiger partial charge in [-0.05, 0) is 42.5 Å². The molecule has 0 atom stereocenters. The van der Waals surface area contributed by atoms with Crippen molar-refractivity contribution in [3.8, 4) is 11.3 Å². The van der Waals surface area contributed by atoms with E-state index in [1.165, 1.54) is 24.3 Å². The predicted molar refractivity (Wildman–Crippen MR) is 99.4 cm³/mol. The van der Waals surface area contributed by atoms with Crippen LogP contribution in [0.25, 0.3) is 22.2 Å². The maximum atomic E-state index is 12.4. The van der Waals surface area contributed by atoms with Crippen molar-refractivity contribution in [2.45, 2.75) is 0 Å². The molecule has 0 aliphatic rings. The Hall–Kier alpha value is -4.00. The van der Waals surface area contributed by atoms with Crippen LogP contribution in [-0.2, 0) is 0 Å². The monoisotopic (exact) mass is 359 g/mol. The molecule has 0 saturated carbocycles.